The van der Waals surface area contributed by atoms with Gasteiger partial charge in [0, 0.05) is 28.1 Å². The zero-order chi connectivity index (χ0) is 28.3. The Morgan fingerprint density at radius 2 is 1.73 bits per heavy atom. The van der Waals surface area contributed by atoms with Crippen molar-refractivity contribution in [2.45, 2.75) is 52.4 Å². The van der Waals surface area contributed by atoms with Crippen LogP contribution in [-0.4, -0.2) is 35.4 Å². The van der Waals surface area contributed by atoms with Gasteiger partial charge in [-0.3, -0.25) is 4.79 Å². The van der Waals surface area contributed by atoms with Crippen LogP contribution in [0.15, 0.2) is 84.9 Å². The third kappa shape index (κ3) is 5.94. The molecule has 2 N–H and O–H groups in total. The Labute approximate surface area is 243 Å². The molecule has 4 aromatic carbocycles. The number of nitrogens with zero attached hydrogens (tertiary/aromatic N) is 1. The van der Waals surface area contributed by atoms with Crippen molar-refractivity contribution < 1.29 is 4.79 Å². The fourth-order valence-electron chi connectivity index (χ4n) is 6.43. The van der Waals surface area contributed by atoms with Gasteiger partial charge in [0.2, 0.25) is 5.91 Å². The summed E-state index contributed by atoms with van der Waals surface area (Å²) in [7, 11) is 0. The number of H-pyrrole nitrogens is 1. The summed E-state index contributed by atoms with van der Waals surface area (Å²) in [5.74, 6) is 0.612. The molecule has 4 nitrogen and oxygen atoms in total. The van der Waals surface area contributed by atoms with Crippen molar-refractivity contribution in [3.8, 4) is 11.3 Å². The number of hydrogen-bond acceptors (Lipinski definition) is 2. The van der Waals surface area contributed by atoms with E-state index in [1.54, 1.807) is 0 Å². The van der Waals surface area contributed by atoms with E-state index in [0.29, 0.717) is 5.92 Å². The van der Waals surface area contributed by atoms with E-state index in [2.05, 4.69) is 101 Å². The second kappa shape index (κ2) is 11.9. The van der Waals surface area contributed by atoms with Gasteiger partial charge in [0.05, 0.1) is 5.52 Å². The minimum absolute atomic E-state index is 0.0154. The first-order chi connectivity index (χ1) is 20.0. The van der Waals surface area contributed by atoms with Crippen molar-refractivity contribution in [1.29, 1.82) is 0 Å². The number of rotatable bonds is 8. The SMILES string of the molecule is Cc1cccc(-c2[nH]c3c(ccc4ccccc43)c2CCCN2CCC(c3cccc(NC(=O)C(C)C)c3)CC2)c1. The molecule has 0 aliphatic carbocycles. The van der Waals surface area contributed by atoms with Crippen LogP contribution >= 0.6 is 0 Å². The second-order valence-electron chi connectivity index (χ2n) is 12.0. The highest BCUT2D eigenvalue weighted by Gasteiger charge is 2.22. The number of amides is 1. The predicted molar refractivity (Wildman–Crippen MR) is 173 cm³/mol. The minimum Gasteiger partial charge on any atom is -0.354 e. The first kappa shape index (κ1) is 27.3. The smallest absolute Gasteiger partial charge is 0.226 e. The van der Waals surface area contributed by atoms with Crippen LogP contribution in [0.5, 0.6) is 0 Å². The van der Waals surface area contributed by atoms with E-state index in [1.807, 2.05) is 19.9 Å². The van der Waals surface area contributed by atoms with E-state index in [9.17, 15) is 4.79 Å². The number of aromatic amines is 1. The molecule has 2 heterocycles. The van der Waals surface area contributed by atoms with Crippen LogP contribution in [-0.2, 0) is 11.2 Å². The molecule has 1 saturated heterocycles. The molecule has 4 heteroatoms. The van der Waals surface area contributed by atoms with Crippen molar-refractivity contribution in [3.63, 3.8) is 0 Å². The highest BCUT2D eigenvalue weighted by atomic mass is 16.1. The first-order valence-electron chi connectivity index (χ1n) is 15.2. The Bertz CT molecular complexity index is 1670. The van der Waals surface area contributed by atoms with Crippen LogP contribution in [0, 0.1) is 12.8 Å². The van der Waals surface area contributed by atoms with Crippen molar-refractivity contribution in [2.24, 2.45) is 5.92 Å². The maximum atomic E-state index is 12.2. The number of carbonyl (C=O) groups excluding carboxylic acids is 1. The number of fused-ring (bicyclic) bond motifs is 3. The molecule has 210 valence electrons. The molecule has 1 aliphatic rings. The monoisotopic (exact) mass is 543 g/mol. The number of aromatic nitrogens is 1. The van der Waals surface area contributed by atoms with Crippen molar-refractivity contribution >= 4 is 33.3 Å². The number of anilines is 1. The van der Waals surface area contributed by atoms with Crippen LogP contribution in [0.2, 0.25) is 0 Å². The molecule has 1 aromatic heterocycles. The lowest BCUT2D eigenvalue weighted by Crippen LogP contribution is -2.33. The minimum atomic E-state index is -0.0154. The van der Waals surface area contributed by atoms with Crippen molar-refractivity contribution in [1.82, 2.24) is 9.88 Å². The molecule has 5 aromatic rings. The lowest BCUT2D eigenvalue weighted by atomic mass is 9.89. The Balaban J connectivity index is 1.14. The number of benzene rings is 4. The third-order valence-corrected chi connectivity index (χ3v) is 8.75. The molecule has 41 heavy (non-hydrogen) atoms. The highest BCUT2D eigenvalue weighted by Crippen LogP contribution is 2.36. The largest absolute Gasteiger partial charge is 0.354 e. The molecule has 0 radical (unpaired) electrons. The summed E-state index contributed by atoms with van der Waals surface area (Å²) in [6.07, 6.45) is 4.52. The second-order valence-corrected chi connectivity index (χ2v) is 12.0. The Morgan fingerprint density at radius 1 is 0.927 bits per heavy atom. The molecule has 0 unspecified atom stereocenters. The standard InChI is InChI=1S/C37H41N3O/c1-25(2)37(41)38-31-13-7-11-29(24-31)27-18-21-40(22-19-27)20-8-15-33-34-17-16-28-10-4-5-14-32(28)36(34)39-35(33)30-12-6-9-26(3)23-30/h4-7,9-14,16-17,23-25,27,39H,8,15,18-22H2,1-3H3,(H,38,41). The first-order valence-corrected chi connectivity index (χ1v) is 15.2. The van der Waals surface area contributed by atoms with Gasteiger partial charge >= 0.3 is 0 Å². The third-order valence-electron chi connectivity index (χ3n) is 8.75. The van der Waals surface area contributed by atoms with E-state index in [1.165, 1.54) is 49.6 Å². The van der Waals surface area contributed by atoms with Crippen molar-refractivity contribution in [3.05, 3.63) is 102 Å². The topological polar surface area (TPSA) is 48.1 Å². The Kier molecular flexibility index (Phi) is 7.93. The Hall–Kier alpha value is -3.89. The summed E-state index contributed by atoms with van der Waals surface area (Å²) in [6, 6.07) is 30.6. The van der Waals surface area contributed by atoms with Crippen LogP contribution < -0.4 is 5.32 Å². The average Bonchev–Trinajstić information content (AvgIpc) is 3.37. The van der Waals surface area contributed by atoms with Crippen molar-refractivity contribution in [2.75, 3.05) is 25.0 Å². The lowest BCUT2D eigenvalue weighted by Gasteiger charge is -2.32. The summed E-state index contributed by atoms with van der Waals surface area (Å²) in [4.78, 5) is 18.6. The van der Waals surface area contributed by atoms with Gasteiger partial charge in [-0.25, -0.2) is 0 Å². The van der Waals surface area contributed by atoms with E-state index in [-0.39, 0.29) is 11.8 Å². The van der Waals surface area contributed by atoms with Gasteiger partial charge in [-0.1, -0.05) is 86.1 Å². The van der Waals surface area contributed by atoms with E-state index >= 15 is 0 Å². The summed E-state index contributed by atoms with van der Waals surface area (Å²) in [5.41, 5.74) is 8.78. The molecule has 0 saturated carbocycles. The summed E-state index contributed by atoms with van der Waals surface area (Å²) in [6.45, 7) is 9.39. The zero-order valence-electron chi connectivity index (χ0n) is 24.5. The highest BCUT2D eigenvalue weighted by molar-refractivity contribution is 6.08. The zero-order valence-corrected chi connectivity index (χ0v) is 24.5. The van der Waals surface area contributed by atoms with Crippen LogP contribution in [0.1, 0.15) is 55.7 Å². The number of carbonyl (C=O) groups is 1. The summed E-state index contributed by atoms with van der Waals surface area (Å²) >= 11 is 0. The summed E-state index contributed by atoms with van der Waals surface area (Å²) in [5, 5.41) is 6.98. The maximum absolute atomic E-state index is 12.2. The van der Waals surface area contributed by atoms with Gasteiger partial charge in [0.25, 0.3) is 0 Å². The van der Waals surface area contributed by atoms with Gasteiger partial charge in [-0.2, -0.15) is 0 Å². The fraction of sp³-hybridized carbons (Fsp3) is 0.324. The predicted octanol–water partition coefficient (Wildman–Crippen LogP) is 8.70. The average molecular weight is 544 g/mol. The molecule has 1 aliphatic heterocycles. The van der Waals surface area contributed by atoms with Gasteiger partial charge in [0.1, 0.15) is 0 Å². The molecule has 0 bridgehead atoms. The molecule has 6 rings (SSSR count). The van der Waals surface area contributed by atoms with Gasteiger partial charge < -0.3 is 15.2 Å². The molecular weight excluding hydrogens is 502 g/mol. The van der Waals surface area contributed by atoms with Gasteiger partial charge in [0.15, 0.2) is 0 Å². The summed E-state index contributed by atoms with van der Waals surface area (Å²) < 4.78 is 0. The molecular formula is C37H41N3O. The van der Waals surface area contributed by atoms with Gasteiger partial charge in [-0.15, -0.1) is 0 Å². The fourth-order valence-corrected chi connectivity index (χ4v) is 6.43. The normalized spacial score (nSPS) is 14.7. The van der Waals surface area contributed by atoms with Crippen LogP contribution in [0.3, 0.4) is 0 Å². The number of nitrogens with one attached hydrogen (secondary N) is 2. The molecule has 1 amide bonds. The lowest BCUT2D eigenvalue weighted by molar-refractivity contribution is -0.118. The van der Waals surface area contributed by atoms with Gasteiger partial charge in [-0.05, 0) is 98.4 Å². The van der Waals surface area contributed by atoms with Crippen LogP contribution in [0.25, 0.3) is 32.9 Å². The van der Waals surface area contributed by atoms with E-state index in [4.69, 9.17) is 0 Å². The number of piperidine rings is 1. The number of aryl methyl sites for hydroxylation is 2. The molecule has 1 fully saturated rings. The van der Waals surface area contributed by atoms with E-state index < -0.39 is 0 Å². The molecule has 0 atom stereocenters. The number of likely N-dealkylation sites (tertiary alicyclic amines) is 1. The maximum Gasteiger partial charge on any atom is 0.226 e. The quantitative estimate of drug-likeness (QED) is 0.206. The van der Waals surface area contributed by atoms with E-state index in [0.717, 1.165) is 51.0 Å². The number of hydrogen-bond donors (Lipinski definition) is 2. The molecule has 0 spiro atoms. The van der Waals surface area contributed by atoms with Crippen LogP contribution in [0.4, 0.5) is 5.69 Å². The Morgan fingerprint density at radius 3 is 2.54 bits per heavy atom.